The van der Waals surface area contributed by atoms with Crippen LogP contribution in [0.25, 0.3) is 0 Å². The van der Waals surface area contributed by atoms with E-state index < -0.39 is 0 Å². The molecule has 0 bridgehead atoms. The van der Waals surface area contributed by atoms with Gasteiger partial charge in [0.15, 0.2) is 0 Å². The summed E-state index contributed by atoms with van der Waals surface area (Å²) in [7, 11) is 0. The van der Waals surface area contributed by atoms with Crippen LogP contribution in [0.2, 0.25) is 0 Å². The molecule has 1 rings (SSSR count). The third kappa shape index (κ3) is 7.34. The Balaban J connectivity index is 2.16. The second-order valence-corrected chi connectivity index (χ2v) is 5.72. The molecule has 20 heavy (non-hydrogen) atoms. The minimum atomic E-state index is -0.187. The van der Waals surface area contributed by atoms with Crippen molar-refractivity contribution in [3.63, 3.8) is 0 Å². The lowest BCUT2D eigenvalue weighted by molar-refractivity contribution is -0.158. The average Bonchev–Trinajstić information content (AvgIpc) is 2.45. The van der Waals surface area contributed by atoms with E-state index in [9.17, 15) is 9.59 Å². The zero-order valence-electron chi connectivity index (χ0n) is 11.6. The van der Waals surface area contributed by atoms with Gasteiger partial charge in [-0.25, -0.2) is 0 Å². The number of carbonyl (C=O) groups excluding carboxylic acids is 2. The SMILES string of the molecule is O=C(CCCCl)OC1CCC(OC(=O)CCCCl)CC1. The number of halogens is 2. The summed E-state index contributed by atoms with van der Waals surface area (Å²) >= 11 is 11.1. The van der Waals surface area contributed by atoms with E-state index in [1.165, 1.54) is 0 Å². The van der Waals surface area contributed by atoms with Gasteiger partial charge in [-0.1, -0.05) is 0 Å². The number of hydrogen-bond acceptors (Lipinski definition) is 4. The van der Waals surface area contributed by atoms with Gasteiger partial charge >= 0.3 is 11.9 Å². The first-order valence-corrected chi connectivity index (χ1v) is 8.23. The van der Waals surface area contributed by atoms with Crippen molar-refractivity contribution >= 4 is 35.1 Å². The first kappa shape index (κ1) is 17.6. The molecular formula is C14H22Cl2O4. The first-order valence-electron chi connectivity index (χ1n) is 7.16. The molecule has 1 fully saturated rings. The largest absolute Gasteiger partial charge is 0.462 e. The van der Waals surface area contributed by atoms with Crippen molar-refractivity contribution in [1.29, 1.82) is 0 Å². The Morgan fingerprint density at radius 3 is 1.45 bits per heavy atom. The van der Waals surface area contributed by atoms with E-state index in [0.717, 1.165) is 25.7 Å². The lowest BCUT2D eigenvalue weighted by atomic mass is 9.95. The Kier molecular flexibility index (Phi) is 9.03. The minimum absolute atomic E-state index is 0.0457. The number of alkyl halides is 2. The van der Waals surface area contributed by atoms with Crippen LogP contribution in [0.4, 0.5) is 0 Å². The number of carbonyl (C=O) groups is 2. The molecule has 0 unspecified atom stereocenters. The Hall–Kier alpha value is -0.480. The van der Waals surface area contributed by atoms with E-state index in [-0.39, 0.29) is 24.1 Å². The third-order valence-electron chi connectivity index (χ3n) is 3.25. The molecular weight excluding hydrogens is 303 g/mol. The molecule has 1 aliphatic carbocycles. The predicted octanol–water partition coefficient (Wildman–Crippen LogP) is 3.42. The van der Waals surface area contributed by atoms with Crippen molar-refractivity contribution in [3.8, 4) is 0 Å². The Labute approximate surface area is 130 Å². The second-order valence-electron chi connectivity index (χ2n) is 4.96. The maximum absolute atomic E-state index is 11.5. The second kappa shape index (κ2) is 10.3. The molecule has 116 valence electrons. The monoisotopic (exact) mass is 324 g/mol. The van der Waals surface area contributed by atoms with Gasteiger partial charge in [0.05, 0.1) is 0 Å². The molecule has 0 radical (unpaired) electrons. The van der Waals surface area contributed by atoms with Gasteiger partial charge in [-0.3, -0.25) is 9.59 Å². The fraction of sp³-hybridized carbons (Fsp3) is 0.857. The zero-order valence-corrected chi connectivity index (χ0v) is 13.1. The van der Waals surface area contributed by atoms with Gasteiger partial charge in [-0.05, 0) is 38.5 Å². The molecule has 0 amide bonds. The molecule has 4 nitrogen and oxygen atoms in total. The van der Waals surface area contributed by atoms with Crippen molar-refractivity contribution in [2.75, 3.05) is 11.8 Å². The molecule has 0 aromatic rings. The van der Waals surface area contributed by atoms with Gasteiger partial charge in [0.2, 0.25) is 0 Å². The molecule has 0 heterocycles. The van der Waals surface area contributed by atoms with Gasteiger partial charge in [0, 0.05) is 24.6 Å². The summed E-state index contributed by atoms with van der Waals surface area (Å²) in [5.41, 5.74) is 0. The summed E-state index contributed by atoms with van der Waals surface area (Å²) in [6.45, 7) is 0. The quantitative estimate of drug-likeness (QED) is 0.507. The summed E-state index contributed by atoms with van der Waals surface area (Å²) in [4.78, 5) is 22.9. The summed E-state index contributed by atoms with van der Waals surface area (Å²) in [5, 5.41) is 0. The maximum Gasteiger partial charge on any atom is 0.306 e. The number of ether oxygens (including phenoxy) is 2. The van der Waals surface area contributed by atoms with Crippen molar-refractivity contribution < 1.29 is 19.1 Å². The smallest absolute Gasteiger partial charge is 0.306 e. The molecule has 0 aromatic heterocycles. The Morgan fingerprint density at radius 2 is 1.15 bits per heavy atom. The van der Waals surface area contributed by atoms with Crippen LogP contribution in [-0.2, 0) is 19.1 Å². The summed E-state index contributed by atoms with van der Waals surface area (Å²) in [6.07, 6.45) is 4.95. The van der Waals surface area contributed by atoms with Gasteiger partial charge in [-0.2, -0.15) is 0 Å². The van der Waals surface area contributed by atoms with Gasteiger partial charge in [-0.15, -0.1) is 23.2 Å². The fourth-order valence-corrected chi connectivity index (χ4v) is 2.45. The van der Waals surface area contributed by atoms with Crippen LogP contribution in [0.1, 0.15) is 51.4 Å². The zero-order chi connectivity index (χ0) is 14.8. The Morgan fingerprint density at radius 1 is 0.800 bits per heavy atom. The van der Waals surface area contributed by atoms with E-state index >= 15 is 0 Å². The van der Waals surface area contributed by atoms with Crippen LogP contribution in [0.3, 0.4) is 0 Å². The first-order chi connectivity index (χ1) is 9.65. The van der Waals surface area contributed by atoms with E-state index in [1.807, 2.05) is 0 Å². The minimum Gasteiger partial charge on any atom is -0.462 e. The van der Waals surface area contributed by atoms with Crippen LogP contribution in [-0.4, -0.2) is 35.9 Å². The summed E-state index contributed by atoms with van der Waals surface area (Å²) in [5.74, 6) is 0.571. The van der Waals surface area contributed by atoms with Crippen LogP contribution >= 0.6 is 23.2 Å². The third-order valence-corrected chi connectivity index (χ3v) is 3.78. The van der Waals surface area contributed by atoms with Crippen molar-refractivity contribution in [3.05, 3.63) is 0 Å². The normalized spacial score (nSPS) is 22.3. The average molecular weight is 325 g/mol. The fourth-order valence-electron chi connectivity index (χ4n) is 2.18. The highest BCUT2D eigenvalue weighted by molar-refractivity contribution is 6.18. The summed E-state index contributed by atoms with van der Waals surface area (Å²) < 4.78 is 10.7. The van der Waals surface area contributed by atoms with E-state index in [0.29, 0.717) is 37.4 Å². The highest BCUT2D eigenvalue weighted by Crippen LogP contribution is 2.24. The Bertz CT molecular complexity index is 272. The molecule has 6 heteroatoms. The molecule has 0 aromatic carbocycles. The van der Waals surface area contributed by atoms with E-state index in [2.05, 4.69) is 0 Å². The highest BCUT2D eigenvalue weighted by atomic mass is 35.5. The predicted molar refractivity (Wildman–Crippen MR) is 78.1 cm³/mol. The number of rotatable bonds is 8. The molecule has 0 aliphatic heterocycles. The number of esters is 2. The van der Waals surface area contributed by atoms with Crippen LogP contribution in [0.15, 0.2) is 0 Å². The molecule has 0 N–H and O–H groups in total. The molecule has 1 saturated carbocycles. The standard InChI is InChI=1S/C14H22Cl2O4/c15-9-1-3-13(17)19-11-5-7-12(8-6-11)20-14(18)4-2-10-16/h11-12H,1-10H2. The van der Waals surface area contributed by atoms with Crippen LogP contribution in [0.5, 0.6) is 0 Å². The topological polar surface area (TPSA) is 52.6 Å². The maximum atomic E-state index is 11.5. The van der Waals surface area contributed by atoms with Crippen molar-refractivity contribution in [2.45, 2.75) is 63.6 Å². The molecule has 1 aliphatic rings. The van der Waals surface area contributed by atoms with Gasteiger partial charge in [0.25, 0.3) is 0 Å². The van der Waals surface area contributed by atoms with E-state index in [1.54, 1.807) is 0 Å². The molecule has 0 atom stereocenters. The van der Waals surface area contributed by atoms with E-state index in [4.69, 9.17) is 32.7 Å². The highest BCUT2D eigenvalue weighted by Gasteiger charge is 2.25. The van der Waals surface area contributed by atoms with Gasteiger partial charge < -0.3 is 9.47 Å². The molecule has 0 saturated heterocycles. The van der Waals surface area contributed by atoms with Gasteiger partial charge in [0.1, 0.15) is 12.2 Å². The number of hydrogen-bond donors (Lipinski definition) is 0. The van der Waals surface area contributed by atoms with Crippen molar-refractivity contribution in [1.82, 2.24) is 0 Å². The molecule has 0 spiro atoms. The summed E-state index contributed by atoms with van der Waals surface area (Å²) in [6, 6.07) is 0. The van der Waals surface area contributed by atoms with Crippen molar-refractivity contribution in [2.24, 2.45) is 0 Å². The van der Waals surface area contributed by atoms with Crippen LogP contribution in [0, 0.1) is 0 Å². The van der Waals surface area contributed by atoms with Crippen LogP contribution < -0.4 is 0 Å². The lowest BCUT2D eigenvalue weighted by Gasteiger charge is -2.28. The lowest BCUT2D eigenvalue weighted by Crippen LogP contribution is -2.29.